The van der Waals surface area contributed by atoms with Gasteiger partial charge in [0.2, 0.25) is 0 Å². The Morgan fingerprint density at radius 1 is 0.613 bits per heavy atom. The summed E-state index contributed by atoms with van der Waals surface area (Å²) in [6.07, 6.45) is 25.4. The summed E-state index contributed by atoms with van der Waals surface area (Å²) in [6, 6.07) is 9.62. The molecule has 4 rings (SSSR count). The molecule has 0 nitrogen and oxygen atoms in total. The van der Waals surface area contributed by atoms with Crippen molar-refractivity contribution in [1.29, 1.82) is 0 Å². The first-order valence-electron chi connectivity index (χ1n) is 14.3. The molecule has 0 bridgehead atoms. The first kappa shape index (κ1) is 23.4. The average molecular weight is 423 g/mol. The Kier molecular flexibility index (Phi) is 8.98. The van der Waals surface area contributed by atoms with Gasteiger partial charge in [-0.3, -0.25) is 0 Å². The molecule has 4 unspecified atom stereocenters. The molecule has 0 heteroatoms. The lowest BCUT2D eigenvalue weighted by molar-refractivity contribution is 0.108. The normalized spacial score (nSPS) is 33.7. The molecule has 1 aromatic carbocycles. The number of hydrogen-bond donors (Lipinski definition) is 0. The molecule has 0 aliphatic heterocycles. The van der Waals surface area contributed by atoms with Crippen molar-refractivity contribution < 1.29 is 0 Å². The smallest absolute Gasteiger partial charge is 0.0159 e. The Bertz CT molecular complexity index is 620. The van der Waals surface area contributed by atoms with Gasteiger partial charge >= 0.3 is 0 Å². The second-order valence-corrected chi connectivity index (χ2v) is 11.8. The minimum absolute atomic E-state index is 0.844. The number of fused-ring (bicyclic) bond motifs is 1. The largest absolute Gasteiger partial charge is 0.0654 e. The first-order chi connectivity index (χ1) is 15.2. The molecule has 0 radical (unpaired) electrons. The van der Waals surface area contributed by atoms with E-state index in [0.29, 0.717) is 0 Å². The summed E-state index contributed by atoms with van der Waals surface area (Å²) < 4.78 is 0. The van der Waals surface area contributed by atoms with Crippen molar-refractivity contribution in [3.05, 3.63) is 35.4 Å². The molecule has 3 aliphatic rings. The molecular formula is C31H50. The molecule has 0 heterocycles. The lowest BCUT2D eigenvalue weighted by atomic mass is 9.63. The van der Waals surface area contributed by atoms with Crippen molar-refractivity contribution in [3.63, 3.8) is 0 Å². The van der Waals surface area contributed by atoms with E-state index in [1.807, 2.05) is 0 Å². The zero-order valence-electron chi connectivity index (χ0n) is 20.8. The summed E-state index contributed by atoms with van der Waals surface area (Å²) in [5.74, 6) is 6.13. The molecule has 3 saturated carbocycles. The number of unbranched alkanes of at least 4 members (excludes halogenated alkanes) is 2. The van der Waals surface area contributed by atoms with Crippen molar-refractivity contribution in [3.8, 4) is 0 Å². The average Bonchev–Trinajstić information content (AvgIpc) is 2.83. The molecule has 0 aromatic heterocycles. The van der Waals surface area contributed by atoms with Crippen LogP contribution in [0.1, 0.15) is 134 Å². The van der Waals surface area contributed by atoms with Gasteiger partial charge in [0.25, 0.3) is 0 Å². The molecule has 174 valence electrons. The van der Waals surface area contributed by atoms with E-state index in [0.717, 1.165) is 41.9 Å². The molecule has 3 fully saturated rings. The second-order valence-electron chi connectivity index (χ2n) is 11.8. The monoisotopic (exact) mass is 422 g/mol. The molecule has 4 atom stereocenters. The minimum atomic E-state index is 0.844. The number of hydrogen-bond acceptors (Lipinski definition) is 0. The van der Waals surface area contributed by atoms with Crippen LogP contribution in [-0.4, -0.2) is 0 Å². The zero-order chi connectivity index (χ0) is 21.5. The summed E-state index contributed by atoms with van der Waals surface area (Å²) in [5, 5.41) is 0. The van der Waals surface area contributed by atoms with Gasteiger partial charge in [-0.25, -0.2) is 0 Å². The lowest BCUT2D eigenvalue weighted by Crippen LogP contribution is -2.30. The maximum Gasteiger partial charge on any atom is -0.0159 e. The standard InChI is InChI=1S/C31H50/c1-3-5-6-7-25-8-10-26(11-9-25)12-13-27-16-19-31-23-30(21-20-29(31)22-27)28-17-14-24(4-2)15-18-28/h14-15,17-18,25-27,29-31H,3-13,16,19-23H2,1-2H3. The fourth-order valence-electron chi connectivity index (χ4n) is 7.54. The summed E-state index contributed by atoms with van der Waals surface area (Å²) >= 11 is 0. The Labute approximate surface area is 194 Å². The second kappa shape index (κ2) is 11.9. The molecular weight excluding hydrogens is 372 g/mol. The molecule has 0 spiro atoms. The summed E-state index contributed by atoms with van der Waals surface area (Å²) in [6.45, 7) is 4.60. The van der Waals surface area contributed by atoms with Gasteiger partial charge in [0.15, 0.2) is 0 Å². The molecule has 0 N–H and O–H groups in total. The van der Waals surface area contributed by atoms with Crippen molar-refractivity contribution in [2.45, 2.75) is 129 Å². The van der Waals surface area contributed by atoms with E-state index >= 15 is 0 Å². The van der Waals surface area contributed by atoms with E-state index in [2.05, 4.69) is 38.1 Å². The van der Waals surface area contributed by atoms with E-state index in [1.54, 1.807) is 50.5 Å². The van der Waals surface area contributed by atoms with E-state index in [4.69, 9.17) is 0 Å². The summed E-state index contributed by atoms with van der Waals surface area (Å²) in [5.41, 5.74) is 3.12. The third kappa shape index (κ3) is 6.61. The van der Waals surface area contributed by atoms with E-state index in [-0.39, 0.29) is 0 Å². The van der Waals surface area contributed by atoms with Crippen molar-refractivity contribution in [2.75, 3.05) is 0 Å². The maximum atomic E-state index is 2.44. The van der Waals surface area contributed by atoms with Crippen molar-refractivity contribution in [1.82, 2.24) is 0 Å². The van der Waals surface area contributed by atoms with Gasteiger partial charge in [0.1, 0.15) is 0 Å². The van der Waals surface area contributed by atoms with E-state index in [1.165, 1.54) is 63.4 Å². The van der Waals surface area contributed by atoms with E-state index < -0.39 is 0 Å². The zero-order valence-corrected chi connectivity index (χ0v) is 20.8. The first-order valence-corrected chi connectivity index (χ1v) is 14.3. The van der Waals surface area contributed by atoms with Gasteiger partial charge in [-0.1, -0.05) is 109 Å². The predicted octanol–water partition coefficient (Wildman–Crippen LogP) is 9.72. The Morgan fingerprint density at radius 2 is 1.23 bits per heavy atom. The number of benzene rings is 1. The fourth-order valence-corrected chi connectivity index (χ4v) is 7.54. The van der Waals surface area contributed by atoms with Crippen LogP contribution in [0.2, 0.25) is 0 Å². The van der Waals surface area contributed by atoms with Crippen LogP contribution in [0.25, 0.3) is 0 Å². The molecule has 0 amide bonds. The molecule has 1 aromatic rings. The van der Waals surface area contributed by atoms with Crippen LogP contribution < -0.4 is 0 Å². The van der Waals surface area contributed by atoms with Crippen LogP contribution in [0.3, 0.4) is 0 Å². The van der Waals surface area contributed by atoms with Gasteiger partial charge in [0.05, 0.1) is 0 Å². The topological polar surface area (TPSA) is 0 Å². The van der Waals surface area contributed by atoms with Crippen LogP contribution >= 0.6 is 0 Å². The lowest BCUT2D eigenvalue weighted by Gasteiger charge is -2.43. The third-order valence-electron chi connectivity index (χ3n) is 9.75. The SMILES string of the molecule is CCCCCC1CCC(CCC2CCC3CC(c4ccc(CC)cc4)CCC3C2)CC1. The number of aryl methyl sites for hydroxylation is 1. The highest BCUT2D eigenvalue weighted by Crippen LogP contribution is 2.49. The van der Waals surface area contributed by atoms with Crippen LogP contribution in [0.5, 0.6) is 0 Å². The van der Waals surface area contributed by atoms with Crippen LogP contribution in [0.15, 0.2) is 24.3 Å². The minimum Gasteiger partial charge on any atom is -0.0654 e. The highest BCUT2D eigenvalue weighted by atomic mass is 14.4. The highest BCUT2D eigenvalue weighted by molar-refractivity contribution is 5.26. The van der Waals surface area contributed by atoms with Crippen molar-refractivity contribution in [2.24, 2.45) is 29.6 Å². The van der Waals surface area contributed by atoms with Gasteiger partial charge in [-0.2, -0.15) is 0 Å². The molecule has 31 heavy (non-hydrogen) atoms. The van der Waals surface area contributed by atoms with Crippen LogP contribution in [0.4, 0.5) is 0 Å². The summed E-state index contributed by atoms with van der Waals surface area (Å²) in [7, 11) is 0. The maximum absolute atomic E-state index is 2.44. The van der Waals surface area contributed by atoms with Crippen molar-refractivity contribution >= 4 is 0 Å². The predicted molar refractivity (Wildman–Crippen MR) is 136 cm³/mol. The quantitative estimate of drug-likeness (QED) is 0.347. The Hall–Kier alpha value is -0.780. The Morgan fingerprint density at radius 3 is 1.94 bits per heavy atom. The number of rotatable bonds is 9. The van der Waals surface area contributed by atoms with Gasteiger partial charge < -0.3 is 0 Å². The van der Waals surface area contributed by atoms with Gasteiger partial charge in [-0.15, -0.1) is 0 Å². The van der Waals surface area contributed by atoms with Crippen LogP contribution in [-0.2, 0) is 6.42 Å². The third-order valence-corrected chi connectivity index (χ3v) is 9.75. The van der Waals surface area contributed by atoms with Crippen LogP contribution in [0, 0.1) is 29.6 Å². The molecule has 3 aliphatic carbocycles. The van der Waals surface area contributed by atoms with E-state index in [9.17, 15) is 0 Å². The highest BCUT2D eigenvalue weighted by Gasteiger charge is 2.36. The molecule has 0 saturated heterocycles. The fraction of sp³-hybridized carbons (Fsp3) is 0.806. The summed E-state index contributed by atoms with van der Waals surface area (Å²) in [4.78, 5) is 0. The van der Waals surface area contributed by atoms with Gasteiger partial charge in [0, 0.05) is 0 Å². The Balaban J connectivity index is 1.15. The van der Waals surface area contributed by atoms with Gasteiger partial charge in [-0.05, 0) is 85.2 Å².